The number of carbonyl (C=O) groups excluding carboxylic acids is 1. The second-order valence-corrected chi connectivity index (χ2v) is 4.73. The van der Waals surface area contributed by atoms with Gasteiger partial charge < -0.3 is 10.1 Å². The first-order chi connectivity index (χ1) is 9.52. The third-order valence-electron chi connectivity index (χ3n) is 3.30. The van der Waals surface area contributed by atoms with Crippen LogP contribution in [0.1, 0.15) is 27.2 Å². The third-order valence-corrected chi connectivity index (χ3v) is 3.30. The summed E-state index contributed by atoms with van der Waals surface area (Å²) in [4.78, 5) is 12.2. The predicted molar refractivity (Wildman–Crippen MR) is 76.8 cm³/mol. The van der Waals surface area contributed by atoms with Gasteiger partial charge in [-0.3, -0.25) is 9.48 Å². The van der Waals surface area contributed by atoms with Gasteiger partial charge in [0.15, 0.2) is 0 Å². The van der Waals surface area contributed by atoms with E-state index in [1.54, 1.807) is 17.9 Å². The Morgan fingerprint density at radius 1 is 1.40 bits per heavy atom. The highest BCUT2D eigenvalue weighted by atomic mass is 16.5. The van der Waals surface area contributed by atoms with Crippen LogP contribution in [0, 0.1) is 13.8 Å². The van der Waals surface area contributed by atoms with E-state index in [9.17, 15) is 4.79 Å². The SMILES string of the molecule is COc1cccc(C(=O)NCc2cn(C)nc2C)c1C. The van der Waals surface area contributed by atoms with Gasteiger partial charge in [-0.15, -0.1) is 0 Å². The number of aromatic nitrogens is 2. The third kappa shape index (κ3) is 2.82. The summed E-state index contributed by atoms with van der Waals surface area (Å²) >= 11 is 0. The zero-order valence-corrected chi connectivity index (χ0v) is 12.2. The molecule has 2 aromatic rings. The predicted octanol–water partition coefficient (Wildman–Crippen LogP) is 1.98. The molecule has 0 fully saturated rings. The number of nitrogens with one attached hydrogen (secondary N) is 1. The maximum absolute atomic E-state index is 12.2. The van der Waals surface area contributed by atoms with Crippen LogP contribution in [0.25, 0.3) is 0 Å². The maximum Gasteiger partial charge on any atom is 0.251 e. The first-order valence-corrected chi connectivity index (χ1v) is 6.44. The van der Waals surface area contributed by atoms with Crippen molar-refractivity contribution in [2.45, 2.75) is 20.4 Å². The van der Waals surface area contributed by atoms with Crippen LogP contribution in [-0.4, -0.2) is 22.8 Å². The number of aryl methyl sites for hydroxylation is 2. The Hall–Kier alpha value is -2.30. The molecule has 0 atom stereocenters. The van der Waals surface area contributed by atoms with Crippen LogP contribution in [0.2, 0.25) is 0 Å². The van der Waals surface area contributed by atoms with Gasteiger partial charge >= 0.3 is 0 Å². The Balaban J connectivity index is 2.11. The summed E-state index contributed by atoms with van der Waals surface area (Å²) in [7, 11) is 3.47. The van der Waals surface area contributed by atoms with Crippen LogP contribution >= 0.6 is 0 Å². The fourth-order valence-electron chi connectivity index (χ4n) is 2.17. The van der Waals surface area contributed by atoms with Gasteiger partial charge in [0, 0.05) is 36.5 Å². The van der Waals surface area contributed by atoms with Gasteiger partial charge in [-0.2, -0.15) is 5.10 Å². The Morgan fingerprint density at radius 3 is 2.75 bits per heavy atom. The molecule has 0 unspecified atom stereocenters. The van der Waals surface area contributed by atoms with Gasteiger partial charge in [0.1, 0.15) is 5.75 Å². The van der Waals surface area contributed by atoms with Gasteiger partial charge in [-0.25, -0.2) is 0 Å². The summed E-state index contributed by atoms with van der Waals surface area (Å²) < 4.78 is 6.97. The van der Waals surface area contributed by atoms with Crippen molar-refractivity contribution in [2.24, 2.45) is 7.05 Å². The first-order valence-electron chi connectivity index (χ1n) is 6.44. The summed E-state index contributed by atoms with van der Waals surface area (Å²) in [6.07, 6.45) is 1.91. The Kier molecular flexibility index (Phi) is 4.08. The molecule has 1 heterocycles. The Bertz CT molecular complexity index is 632. The molecular weight excluding hydrogens is 254 g/mol. The molecule has 20 heavy (non-hydrogen) atoms. The zero-order valence-electron chi connectivity index (χ0n) is 12.2. The topological polar surface area (TPSA) is 56.1 Å². The molecule has 0 spiro atoms. The molecular formula is C15H19N3O2. The molecule has 1 N–H and O–H groups in total. The zero-order chi connectivity index (χ0) is 14.7. The van der Waals surface area contributed by atoms with Crippen LogP contribution in [-0.2, 0) is 13.6 Å². The van der Waals surface area contributed by atoms with Crippen LogP contribution in [0.4, 0.5) is 0 Å². The normalized spacial score (nSPS) is 10.4. The van der Waals surface area contributed by atoms with Gasteiger partial charge in [0.2, 0.25) is 0 Å². The van der Waals surface area contributed by atoms with Crippen molar-refractivity contribution in [3.05, 3.63) is 46.8 Å². The number of hydrogen-bond donors (Lipinski definition) is 1. The lowest BCUT2D eigenvalue weighted by Crippen LogP contribution is -2.23. The average molecular weight is 273 g/mol. The summed E-state index contributed by atoms with van der Waals surface area (Å²) in [6.45, 7) is 4.27. The molecule has 5 heteroatoms. The maximum atomic E-state index is 12.2. The molecule has 0 aliphatic rings. The summed E-state index contributed by atoms with van der Waals surface area (Å²) in [6, 6.07) is 5.46. The van der Waals surface area contributed by atoms with E-state index in [-0.39, 0.29) is 5.91 Å². The molecule has 106 valence electrons. The molecule has 0 bridgehead atoms. The number of rotatable bonds is 4. The van der Waals surface area contributed by atoms with Crippen LogP contribution in [0.15, 0.2) is 24.4 Å². The van der Waals surface area contributed by atoms with Crippen LogP contribution in [0.3, 0.4) is 0 Å². The van der Waals surface area contributed by atoms with Crippen molar-refractivity contribution in [3.63, 3.8) is 0 Å². The molecule has 0 radical (unpaired) electrons. The van der Waals surface area contributed by atoms with E-state index < -0.39 is 0 Å². The minimum atomic E-state index is -0.107. The van der Waals surface area contributed by atoms with Crippen LogP contribution < -0.4 is 10.1 Å². The lowest BCUT2D eigenvalue weighted by atomic mass is 10.1. The largest absolute Gasteiger partial charge is 0.496 e. The standard InChI is InChI=1S/C15H19N3O2/c1-10-13(6-5-7-14(10)20-4)15(19)16-8-12-9-18(3)17-11(12)2/h5-7,9H,8H2,1-4H3,(H,16,19). The highest BCUT2D eigenvalue weighted by Crippen LogP contribution is 2.20. The van der Waals surface area contributed by atoms with Crippen molar-refractivity contribution < 1.29 is 9.53 Å². The van der Waals surface area contributed by atoms with Gasteiger partial charge in [0.25, 0.3) is 5.91 Å². The molecule has 2 rings (SSSR count). The van der Waals surface area contributed by atoms with Crippen molar-refractivity contribution in [1.29, 1.82) is 0 Å². The molecule has 5 nitrogen and oxygen atoms in total. The van der Waals surface area contributed by atoms with E-state index in [0.717, 1.165) is 22.6 Å². The van der Waals surface area contributed by atoms with Gasteiger partial charge in [-0.05, 0) is 26.0 Å². The van der Waals surface area contributed by atoms with Crippen molar-refractivity contribution >= 4 is 5.91 Å². The van der Waals surface area contributed by atoms with E-state index >= 15 is 0 Å². The molecule has 1 aromatic heterocycles. The quantitative estimate of drug-likeness (QED) is 0.926. The van der Waals surface area contributed by atoms with E-state index in [0.29, 0.717) is 12.1 Å². The second-order valence-electron chi connectivity index (χ2n) is 4.73. The number of ether oxygens (including phenoxy) is 1. The molecule has 1 amide bonds. The number of amides is 1. The highest BCUT2D eigenvalue weighted by molar-refractivity contribution is 5.96. The lowest BCUT2D eigenvalue weighted by molar-refractivity contribution is 0.0950. The number of benzene rings is 1. The van der Waals surface area contributed by atoms with Crippen molar-refractivity contribution in [3.8, 4) is 5.75 Å². The van der Waals surface area contributed by atoms with E-state index in [2.05, 4.69) is 10.4 Å². The van der Waals surface area contributed by atoms with Crippen LogP contribution in [0.5, 0.6) is 5.75 Å². The highest BCUT2D eigenvalue weighted by Gasteiger charge is 2.12. The van der Waals surface area contributed by atoms with Gasteiger partial charge in [0.05, 0.1) is 12.8 Å². The summed E-state index contributed by atoms with van der Waals surface area (Å²) in [5, 5.41) is 7.17. The Labute approximate surface area is 118 Å². The average Bonchev–Trinajstić information content (AvgIpc) is 2.74. The smallest absolute Gasteiger partial charge is 0.251 e. The molecule has 0 aliphatic carbocycles. The first kappa shape index (κ1) is 14.1. The summed E-state index contributed by atoms with van der Waals surface area (Å²) in [5.74, 6) is 0.611. The monoisotopic (exact) mass is 273 g/mol. The lowest BCUT2D eigenvalue weighted by Gasteiger charge is -2.10. The number of methoxy groups -OCH3 is 1. The summed E-state index contributed by atoms with van der Waals surface area (Å²) in [5.41, 5.74) is 3.41. The second kappa shape index (κ2) is 5.77. The number of hydrogen-bond acceptors (Lipinski definition) is 3. The fourth-order valence-corrected chi connectivity index (χ4v) is 2.17. The molecule has 1 aromatic carbocycles. The van der Waals surface area contributed by atoms with Crippen molar-refractivity contribution in [2.75, 3.05) is 7.11 Å². The van der Waals surface area contributed by atoms with Gasteiger partial charge in [-0.1, -0.05) is 6.07 Å². The molecule has 0 saturated heterocycles. The van der Waals surface area contributed by atoms with E-state index in [1.165, 1.54) is 0 Å². The minimum Gasteiger partial charge on any atom is -0.496 e. The fraction of sp³-hybridized carbons (Fsp3) is 0.333. The van der Waals surface area contributed by atoms with E-state index in [4.69, 9.17) is 4.74 Å². The molecule has 0 saturated carbocycles. The van der Waals surface area contributed by atoms with Crippen molar-refractivity contribution in [1.82, 2.24) is 15.1 Å². The number of nitrogens with zero attached hydrogens (tertiary/aromatic N) is 2. The number of carbonyl (C=O) groups is 1. The molecule has 0 aliphatic heterocycles. The minimum absolute atomic E-state index is 0.107. The van der Waals surface area contributed by atoms with E-state index in [1.807, 2.05) is 39.2 Å². The Morgan fingerprint density at radius 2 is 2.15 bits per heavy atom.